The number of nitrogens with zero attached hydrogens (tertiary/aromatic N) is 1. The summed E-state index contributed by atoms with van der Waals surface area (Å²) in [5.74, 6) is 0. The predicted octanol–water partition coefficient (Wildman–Crippen LogP) is 4.12. The molecule has 0 heterocycles. The highest BCUT2D eigenvalue weighted by molar-refractivity contribution is 5.54. The van der Waals surface area contributed by atoms with Crippen LogP contribution in [0.15, 0.2) is 18.2 Å². The Kier molecular flexibility index (Phi) is 4.74. The molecule has 1 aliphatic rings. The van der Waals surface area contributed by atoms with E-state index in [1.54, 1.807) is 0 Å². The number of nitrogens with one attached hydrogen (secondary N) is 1. The summed E-state index contributed by atoms with van der Waals surface area (Å²) in [7, 11) is 4.27. The Morgan fingerprint density at radius 2 is 1.90 bits per heavy atom. The topological polar surface area (TPSA) is 15.3 Å². The van der Waals surface area contributed by atoms with E-state index < -0.39 is 0 Å². The molecular formula is C18H30N2. The van der Waals surface area contributed by atoms with E-state index in [0.717, 1.165) is 6.54 Å². The third-order valence-electron chi connectivity index (χ3n) is 4.88. The molecule has 1 aromatic rings. The quantitative estimate of drug-likeness (QED) is 0.888. The van der Waals surface area contributed by atoms with Crippen molar-refractivity contribution in [3.8, 4) is 0 Å². The fourth-order valence-corrected chi connectivity index (χ4v) is 3.40. The highest BCUT2D eigenvalue weighted by atomic mass is 15.1. The molecule has 2 nitrogen and oxygen atoms in total. The second-order valence-corrected chi connectivity index (χ2v) is 7.16. The van der Waals surface area contributed by atoms with Gasteiger partial charge >= 0.3 is 0 Å². The lowest BCUT2D eigenvalue weighted by atomic mass is 9.75. The minimum atomic E-state index is 0.545. The van der Waals surface area contributed by atoms with E-state index in [4.69, 9.17) is 0 Å². The highest BCUT2D eigenvalue weighted by Gasteiger charge is 2.29. The first kappa shape index (κ1) is 15.4. The van der Waals surface area contributed by atoms with Crippen LogP contribution in [-0.4, -0.2) is 20.1 Å². The maximum absolute atomic E-state index is 3.22. The summed E-state index contributed by atoms with van der Waals surface area (Å²) in [5, 5.41) is 3.22. The largest absolute Gasteiger partial charge is 0.371 e. The summed E-state index contributed by atoms with van der Waals surface area (Å²) in [6.07, 6.45) is 5.33. The second kappa shape index (κ2) is 6.17. The van der Waals surface area contributed by atoms with E-state index >= 15 is 0 Å². The Morgan fingerprint density at radius 1 is 1.25 bits per heavy atom. The summed E-state index contributed by atoms with van der Waals surface area (Å²) in [6.45, 7) is 7.99. The lowest BCUT2D eigenvalue weighted by Gasteiger charge is -2.40. The van der Waals surface area contributed by atoms with Crippen molar-refractivity contribution >= 4 is 5.69 Å². The number of aryl methyl sites for hydroxylation is 1. The number of rotatable bonds is 4. The van der Waals surface area contributed by atoms with Gasteiger partial charge < -0.3 is 10.2 Å². The standard InChI is InChI=1S/C18H30N2/c1-14-12-15(13-19-4)6-7-17(14)20(5)16-8-10-18(2,3)11-9-16/h6-7,12,16,19H,8-11,13H2,1-5H3. The smallest absolute Gasteiger partial charge is 0.0396 e. The Balaban J connectivity index is 2.07. The molecule has 0 saturated heterocycles. The third-order valence-corrected chi connectivity index (χ3v) is 4.88. The van der Waals surface area contributed by atoms with Gasteiger partial charge in [-0.25, -0.2) is 0 Å². The molecule has 0 bridgehead atoms. The summed E-state index contributed by atoms with van der Waals surface area (Å²) < 4.78 is 0. The molecule has 112 valence electrons. The number of benzene rings is 1. The van der Waals surface area contributed by atoms with Crippen molar-refractivity contribution in [1.82, 2.24) is 5.32 Å². The minimum Gasteiger partial charge on any atom is -0.371 e. The van der Waals surface area contributed by atoms with Gasteiger partial charge in [0.15, 0.2) is 0 Å². The lowest BCUT2D eigenvalue weighted by molar-refractivity contribution is 0.222. The van der Waals surface area contributed by atoms with Gasteiger partial charge in [-0.2, -0.15) is 0 Å². The van der Waals surface area contributed by atoms with E-state index in [0.29, 0.717) is 11.5 Å². The van der Waals surface area contributed by atoms with E-state index in [1.807, 2.05) is 7.05 Å². The molecule has 2 rings (SSSR count). The highest BCUT2D eigenvalue weighted by Crippen LogP contribution is 2.38. The maximum Gasteiger partial charge on any atom is 0.0396 e. The molecule has 1 N–H and O–H groups in total. The maximum atomic E-state index is 3.22. The SMILES string of the molecule is CNCc1ccc(N(C)C2CCC(C)(C)CC2)c(C)c1. The molecule has 1 fully saturated rings. The molecule has 1 aliphatic carbocycles. The zero-order valence-electron chi connectivity index (χ0n) is 13.8. The van der Waals surface area contributed by atoms with Crippen LogP contribution in [0.1, 0.15) is 50.7 Å². The van der Waals surface area contributed by atoms with Gasteiger partial charge in [-0.05, 0) is 62.3 Å². The zero-order valence-corrected chi connectivity index (χ0v) is 13.8. The van der Waals surface area contributed by atoms with Crippen LogP contribution in [0.4, 0.5) is 5.69 Å². The van der Waals surface area contributed by atoms with Gasteiger partial charge in [0.2, 0.25) is 0 Å². The van der Waals surface area contributed by atoms with Crippen LogP contribution in [0.2, 0.25) is 0 Å². The molecule has 2 heteroatoms. The van der Waals surface area contributed by atoms with Crippen LogP contribution in [0.25, 0.3) is 0 Å². The van der Waals surface area contributed by atoms with Crippen molar-refractivity contribution in [3.05, 3.63) is 29.3 Å². The van der Waals surface area contributed by atoms with Gasteiger partial charge in [0.25, 0.3) is 0 Å². The Morgan fingerprint density at radius 3 is 2.45 bits per heavy atom. The van der Waals surface area contributed by atoms with Gasteiger partial charge in [-0.1, -0.05) is 26.0 Å². The summed E-state index contributed by atoms with van der Waals surface area (Å²) in [5.41, 5.74) is 4.70. The van der Waals surface area contributed by atoms with Crippen LogP contribution in [0, 0.1) is 12.3 Å². The van der Waals surface area contributed by atoms with Crippen molar-refractivity contribution in [3.63, 3.8) is 0 Å². The molecule has 0 aromatic heterocycles. The molecule has 0 atom stereocenters. The normalized spacial score (nSPS) is 19.1. The summed E-state index contributed by atoms with van der Waals surface area (Å²) in [4.78, 5) is 2.51. The molecule has 0 radical (unpaired) electrons. The fraction of sp³-hybridized carbons (Fsp3) is 0.667. The first-order chi connectivity index (χ1) is 9.43. The van der Waals surface area contributed by atoms with Crippen LogP contribution >= 0.6 is 0 Å². The predicted molar refractivity (Wildman–Crippen MR) is 88.4 cm³/mol. The molecule has 0 amide bonds. The monoisotopic (exact) mass is 274 g/mol. The first-order valence-electron chi connectivity index (χ1n) is 7.90. The molecular weight excluding hydrogens is 244 g/mol. The molecule has 1 aromatic carbocycles. The average Bonchev–Trinajstić information content (AvgIpc) is 2.38. The first-order valence-corrected chi connectivity index (χ1v) is 7.90. The molecule has 0 unspecified atom stereocenters. The molecule has 20 heavy (non-hydrogen) atoms. The second-order valence-electron chi connectivity index (χ2n) is 7.16. The van der Waals surface area contributed by atoms with Gasteiger partial charge in [-0.3, -0.25) is 0 Å². The van der Waals surface area contributed by atoms with Gasteiger partial charge in [-0.15, -0.1) is 0 Å². The average molecular weight is 274 g/mol. The van der Waals surface area contributed by atoms with E-state index in [-0.39, 0.29) is 0 Å². The number of hydrogen-bond donors (Lipinski definition) is 1. The molecule has 1 saturated carbocycles. The molecule has 0 aliphatic heterocycles. The van der Waals surface area contributed by atoms with Crippen molar-refractivity contribution in [2.75, 3.05) is 19.0 Å². The fourth-order valence-electron chi connectivity index (χ4n) is 3.40. The van der Waals surface area contributed by atoms with Gasteiger partial charge in [0, 0.05) is 25.3 Å². The van der Waals surface area contributed by atoms with E-state index in [1.165, 1.54) is 42.5 Å². The summed E-state index contributed by atoms with van der Waals surface area (Å²) >= 11 is 0. The number of hydrogen-bond acceptors (Lipinski definition) is 2. The Hall–Kier alpha value is -1.02. The Bertz CT molecular complexity index is 441. The van der Waals surface area contributed by atoms with E-state index in [2.05, 4.69) is 56.2 Å². The zero-order chi connectivity index (χ0) is 14.8. The van der Waals surface area contributed by atoms with Crippen molar-refractivity contribution in [1.29, 1.82) is 0 Å². The third kappa shape index (κ3) is 3.54. The van der Waals surface area contributed by atoms with Gasteiger partial charge in [0.1, 0.15) is 0 Å². The van der Waals surface area contributed by atoms with Crippen LogP contribution in [0.5, 0.6) is 0 Å². The minimum absolute atomic E-state index is 0.545. The van der Waals surface area contributed by atoms with Crippen molar-refractivity contribution < 1.29 is 0 Å². The van der Waals surface area contributed by atoms with Crippen LogP contribution in [-0.2, 0) is 6.54 Å². The summed E-state index contributed by atoms with van der Waals surface area (Å²) in [6, 6.07) is 7.57. The van der Waals surface area contributed by atoms with E-state index in [9.17, 15) is 0 Å². The number of anilines is 1. The molecule has 0 spiro atoms. The Labute approximate surface area is 124 Å². The van der Waals surface area contributed by atoms with Crippen LogP contribution in [0.3, 0.4) is 0 Å². The van der Waals surface area contributed by atoms with Crippen molar-refractivity contribution in [2.24, 2.45) is 5.41 Å². The van der Waals surface area contributed by atoms with Crippen LogP contribution < -0.4 is 10.2 Å². The van der Waals surface area contributed by atoms with Crippen molar-refractivity contribution in [2.45, 2.75) is 59.0 Å². The lowest BCUT2D eigenvalue weighted by Crippen LogP contribution is -2.37. The van der Waals surface area contributed by atoms with Gasteiger partial charge in [0.05, 0.1) is 0 Å².